The summed E-state index contributed by atoms with van der Waals surface area (Å²) in [5, 5.41) is 3.46. The predicted octanol–water partition coefficient (Wildman–Crippen LogP) is 3.98. The van der Waals surface area contributed by atoms with Crippen molar-refractivity contribution < 1.29 is 9.53 Å². The number of nitrogens with one attached hydrogen (secondary N) is 1. The molecule has 1 unspecified atom stereocenters. The van der Waals surface area contributed by atoms with Gasteiger partial charge in [0.2, 0.25) is 5.91 Å². The van der Waals surface area contributed by atoms with Crippen molar-refractivity contribution in [3.63, 3.8) is 0 Å². The fourth-order valence-electron chi connectivity index (χ4n) is 3.07. The number of nitrogens with zero attached hydrogens (tertiary/aromatic N) is 2. The second-order valence-electron chi connectivity index (χ2n) is 6.39. The van der Waals surface area contributed by atoms with Gasteiger partial charge in [-0.2, -0.15) is 0 Å². The van der Waals surface area contributed by atoms with E-state index in [4.69, 9.17) is 4.74 Å². The first-order chi connectivity index (χ1) is 12.8. The minimum Gasteiger partial charge on any atom is -0.492 e. The molecule has 3 rings (SSSR count). The molecule has 0 spiro atoms. The van der Waals surface area contributed by atoms with Gasteiger partial charge in [0.25, 0.3) is 5.56 Å². The summed E-state index contributed by atoms with van der Waals surface area (Å²) < 4.78 is 7.01. The number of anilines is 1. The van der Waals surface area contributed by atoms with E-state index in [1.165, 1.54) is 15.9 Å². The van der Waals surface area contributed by atoms with Crippen molar-refractivity contribution in [1.29, 1.82) is 0 Å². The van der Waals surface area contributed by atoms with Gasteiger partial charge in [0.1, 0.15) is 22.4 Å². The molecule has 2 heterocycles. The topological polar surface area (TPSA) is 73.2 Å². The van der Waals surface area contributed by atoms with Crippen LogP contribution in [-0.2, 0) is 4.79 Å². The molecule has 1 amide bonds. The number of amides is 1. The number of aryl methyl sites for hydroxylation is 3. The quantitative estimate of drug-likeness (QED) is 0.721. The van der Waals surface area contributed by atoms with Gasteiger partial charge in [0.15, 0.2) is 0 Å². The maximum Gasteiger partial charge on any atom is 0.263 e. The van der Waals surface area contributed by atoms with Gasteiger partial charge in [-0.1, -0.05) is 12.1 Å². The van der Waals surface area contributed by atoms with Gasteiger partial charge in [-0.25, -0.2) is 4.98 Å². The highest BCUT2D eigenvalue weighted by Gasteiger charge is 2.23. The third-order valence-electron chi connectivity index (χ3n) is 4.62. The summed E-state index contributed by atoms with van der Waals surface area (Å²) in [4.78, 5) is 32.3. The summed E-state index contributed by atoms with van der Waals surface area (Å²) in [6, 6.07) is 6.54. The zero-order valence-corrected chi connectivity index (χ0v) is 16.9. The number of ether oxygens (including phenoxy) is 1. The Morgan fingerprint density at radius 1 is 1.30 bits per heavy atom. The van der Waals surface area contributed by atoms with Crippen LogP contribution >= 0.6 is 11.3 Å². The molecule has 0 radical (unpaired) electrons. The number of rotatable bonds is 5. The lowest BCUT2D eigenvalue weighted by Gasteiger charge is -2.18. The van der Waals surface area contributed by atoms with Crippen LogP contribution in [0.4, 0.5) is 5.69 Å². The number of aromatic nitrogens is 2. The largest absolute Gasteiger partial charge is 0.492 e. The van der Waals surface area contributed by atoms with Crippen molar-refractivity contribution in [2.45, 2.75) is 40.7 Å². The van der Waals surface area contributed by atoms with Crippen molar-refractivity contribution in [3.8, 4) is 5.75 Å². The summed E-state index contributed by atoms with van der Waals surface area (Å²) >= 11 is 1.50. The molecule has 0 bridgehead atoms. The van der Waals surface area contributed by atoms with E-state index in [0.29, 0.717) is 29.3 Å². The first kappa shape index (κ1) is 19.1. The lowest BCUT2D eigenvalue weighted by molar-refractivity contribution is -0.118. The van der Waals surface area contributed by atoms with Gasteiger partial charge in [-0.05, 0) is 52.3 Å². The molecular formula is C20H23N3O3S. The van der Waals surface area contributed by atoms with E-state index in [1.807, 2.05) is 32.9 Å². The first-order valence-corrected chi connectivity index (χ1v) is 9.68. The summed E-state index contributed by atoms with van der Waals surface area (Å²) in [7, 11) is 0. The molecule has 2 aromatic heterocycles. The van der Waals surface area contributed by atoms with Gasteiger partial charge in [0, 0.05) is 4.88 Å². The fourth-order valence-corrected chi connectivity index (χ4v) is 4.14. The molecule has 0 aliphatic rings. The van der Waals surface area contributed by atoms with E-state index in [0.717, 1.165) is 15.3 Å². The van der Waals surface area contributed by atoms with Crippen LogP contribution < -0.4 is 15.6 Å². The summed E-state index contributed by atoms with van der Waals surface area (Å²) in [6.07, 6.45) is 0. The maximum atomic E-state index is 13.1. The third-order valence-corrected chi connectivity index (χ3v) is 5.72. The van der Waals surface area contributed by atoms with Crippen molar-refractivity contribution >= 4 is 33.1 Å². The van der Waals surface area contributed by atoms with E-state index in [9.17, 15) is 9.59 Å². The van der Waals surface area contributed by atoms with Gasteiger partial charge >= 0.3 is 0 Å². The Bertz CT molecular complexity index is 1070. The van der Waals surface area contributed by atoms with Gasteiger partial charge in [-0.15, -0.1) is 11.3 Å². The van der Waals surface area contributed by atoms with E-state index in [2.05, 4.69) is 10.3 Å². The van der Waals surface area contributed by atoms with E-state index in [-0.39, 0.29) is 11.5 Å². The molecule has 1 N–H and O–H groups in total. The highest BCUT2D eigenvalue weighted by molar-refractivity contribution is 7.18. The van der Waals surface area contributed by atoms with Crippen LogP contribution in [0.25, 0.3) is 10.2 Å². The molecule has 6 nitrogen and oxygen atoms in total. The number of hydrogen-bond acceptors (Lipinski definition) is 5. The van der Waals surface area contributed by atoms with Crippen LogP contribution in [0.15, 0.2) is 29.1 Å². The average molecular weight is 385 g/mol. The lowest BCUT2D eigenvalue weighted by Crippen LogP contribution is -2.33. The molecule has 0 saturated heterocycles. The van der Waals surface area contributed by atoms with Crippen LogP contribution in [0.3, 0.4) is 0 Å². The predicted molar refractivity (Wildman–Crippen MR) is 109 cm³/mol. The molecule has 0 aliphatic heterocycles. The van der Waals surface area contributed by atoms with E-state index in [1.54, 1.807) is 26.0 Å². The van der Waals surface area contributed by atoms with Crippen molar-refractivity contribution in [2.24, 2.45) is 0 Å². The molecule has 7 heteroatoms. The smallest absolute Gasteiger partial charge is 0.263 e. The molecule has 3 aromatic rings. The number of carbonyl (C=O) groups is 1. The fraction of sp³-hybridized carbons (Fsp3) is 0.350. The Morgan fingerprint density at radius 2 is 2.00 bits per heavy atom. The average Bonchev–Trinajstić information content (AvgIpc) is 2.90. The van der Waals surface area contributed by atoms with Gasteiger partial charge in [0.05, 0.1) is 17.7 Å². The number of carbonyl (C=O) groups excluding carboxylic acids is 1. The molecule has 1 aromatic carbocycles. The van der Waals surface area contributed by atoms with Gasteiger partial charge < -0.3 is 10.1 Å². The van der Waals surface area contributed by atoms with Crippen LogP contribution in [0.5, 0.6) is 5.75 Å². The van der Waals surface area contributed by atoms with E-state index < -0.39 is 6.04 Å². The zero-order valence-electron chi connectivity index (χ0n) is 16.1. The second-order valence-corrected chi connectivity index (χ2v) is 7.60. The van der Waals surface area contributed by atoms with Crippen LogP contribution in [0, 0.1) is 20.8 Å². The number of fused-ring (bicyclic) bond motifs is 1. The normalized spacial score (nSPS) is 12.2. The highest BCUT2D eigenvalue weighted by Crippen LogP contribution is 2.28. The Morgan fingerprint density at radius 3 is 2.70 bits per heavy atom. The second kappa shape index (κ2) is 7.52. The molecule has 1 atom stereocenters. The maximum absolute atomic E-state index is 13.1. The molecule has 0 fully saturated rings. The van der Waals surface area contributed by atoms with E-state index >= 15 is 0 Å². The molecule has 27 heavy (non-hydrogen) atoms. The summed E-state index contributed by atoms with van der Waals surface area (Å²) in [5.41, 5.74) is 1.33. The van der Waals surface area contributed by atoms with Crippen molar-refractivity contribution in [2.75, 3.05) is 11.9 Å². The molecule has 142 valence electrons. The van der Waals surface area contributed by atoms with Crippen LogP contribution in [-0.4, -0.2) is 22.1 Å². The monoisotopic (exact) mass is 385 g/mol. The molecule has 0 saturated carbocycles. The lowest BCUT2D eigenvalue weighted by atomic mass is 10.2. The summed E-state index contributed by atoms with van der Waals surface area (Å²) in [5.74, 6) is 0.829. The Hall–Kier alpha value is -2.67. The SMILES string of the molecule is CCOc1ccccc1NC(=O)C(C)n1c(C)nc2sc(C)c(C)c2c1=O. The number of para-hydroxylation sites is 2. The Balaban J connectivity index is 1.99. The van der Waals surface area contributed by atoms with Crippen LogP contribution in [0.2, 0.25) is 0 Å². The highest BCUT2D eigenvalue weighted by atomic mass is 32.1. The van der Waals surface area contributed by atoms with Crippen LogP contribution in [0.1, 0.15) is 36.2 Å². The Labute approximate surface area is 161 Å². The standard InChI is InChI=1S/C20H23N3O3S/c1-6-26-16-10-8-7-9-15(16)22-18(24)12(3)23-14(5)21-19-17(20(23)25)11(2)13(4)27-19/h7-10,12H,6H2,1-5H3,(H,22,24). The zero-order chi connectivity index (χ0) is 19.7. The van der Waals surface area contributed by atoms with Crippen molar-refractivity contribution in [3.05, 3.63) is 50.9 Å². The number of benzene rings is 1. The Kier molecular flexibility index (Phi) is 5.32. The first-order valence-electron chi connectivity index (χ1n) is 8.86. The molecule has 0 aliphatic carbocycles. The minimum atomic E-state index is -0.705. The minimum absolute atomic E-state index is 0.180. The summed E-state index contributed by atoms with van der Waals surface area (Å²) in [6.45, 7) is 9.73. The number of thiophene rings is 1. The number of hydrogen-bond donors (Lipinski definition) is 1. The third kappa shape index (κ3) is 3.47. The van der Waals surface area contributed by atoms with Crippen molar-refractivity contribution in [1.82, 2.24) is 9.55 Å². The molecular weight excluding hydrogens is 362 g/mol. The van der Waals surface area contributed by atoms with Gasteiger partial charge in [-0.3, -0.25) is 14.2 Å².